The van der Waals surface area contributed by atoms with Gasteiger partial charge in [-0.15, -0.1) is 11.3 Å². The van der Waals surface area contributed by atoms with E-state index in [0.717, 1.165) is 49.5 Å². The van der Waals surface area contributed by atoms with Crippen LogP contribution in [0.2, 0.25) is 0 Å². The fourth-order valence-corrected chi connectivity index (χ4v) is 4.52. The van der Waals surface area contributed by atoms with E-state index in [1.165, 1.54) is 18.4 Å². The van der Waals surface area contributed by atoms with E-state index in [1.807, 2.05) is 20.8 Å². The van der Waals surface area contributed by atoms with E-state index in [1.54, 1.807) is 0 Å². The maximum atomic E-state index is 12.5. The van der Waals surface area contributed by atoms with Gasteiger partial charge in [-0.25, -0.2) is 4.79 Å². The van der Waals surface area contributed by atoms with Crippen molar-refractivity contribution in [2.45, 2.75) is 45.7 Å². The quantitative estimate of drug-likeness (QED) is 0.645. The Morgan fingerprint density at radius 3 is 2.41 bits per heavy atom. The zero-order valence-corrected chi connectivity index (χ0v) is 18.4. The Bertz CT molecular complexity index is 782. The van der Waals surface area contributed by atoms with Gasteiger partial charge in [0.05, 0.1) is 25.3 Å². The van der Waals surface area contributed by atoms with Gasteiger partial charge < -0.3 is 15.4 Å². The standard InChI is InChI=1S/C20H30N4O4S/c1-12-14(3)29-19(17(12)20(27)28-4)22-16(25)11-23-7-9-24(10-8-23)13(2)18(26)21-15-5-6-15/h13,15H,5-11H2,1-4H3,(H,21,26)(H,22,25). The van der Waals surface area contributed by atoms with Crippen LogP contribution in [0.25, 0.3) is 0 Å². The fraction of sp³-hybridized carbons (Fsp3) is 0.650. The first-order valence-corrected chi connectivity index (χ1v) is 10.9. The van der Waals surface area contributed by atoms with E-state index in [2.05, 4.69) is 20.4 Å². The number of rotatable bonds is 7. The summed E-state index contributed by atoms with van der Waals surface area (Å²) in [5.41, 5.74) is 1.27. The minimum Gasteiger partial charge on any atom is -0.465 e. The minimum absolute atomic E-state index is 0.0949. The smallest absolute Gasteiger partial charge is 0.341 e. The van der Waals surface area contributed by atoms with Gasteiger partial charge in [0.25, 0.3) is 0 Å². The number of carbonyl (C=O) groups is 3. The molecule has 8 nitrogen and oxygen atoms in total. The van der Waals surface area contributed by atoms with Crippen LogP contribution in [-0.2, 0) is 14.3 Å². The summed E-state index contributed by atoms with van der Waals surface area (Å²) in [7, 11) is 1.34. The van der Waals surface area contributed by atoms with Crippen LogP contribution in [0, 0.1) is 13.8 Å². The van der Waals surface area contributed by atoms with Crippen molar-refractivity contribution >= 4 is 34.1 Å². The Kier molecular flexibility index (Phi) is 6.92. The van der Waals surface area contributed by atoms with Crippen LogP contribution in [0.15, 0.2) is 0 Å². The molecule has 1 saturated carbocycles. The Hall–Kier alpha value is -1.97. The van der Waals surface area contributed by atoms with Crippen molar-refractivity contribution in [2.24, 2.45) is 0 Å². The third-order valence-electron chi connectivity index (χ3n) is 5.65. The van der Waals surface area contributed by atoms with Gasteiger partial charge >= 0.3 is 5.97 Å². The molecule has 1 aliphatic carbocycles. The van der Waals surface area contributed by atoms with E-state index in [-0.39, 0.29) is 24.4 Å². The molecule has 9 heteroatoms. The average Bonchev–Trinajstić information content (AvgIpc) is 3.46. The van der Waals surface area contributed by atoms with E-state index < -0.39 is 5.97 Å². The molecule has 1 aromatic rings. The van der Waals surface area contributed by atoms with Gasteiger partial charge in [0.1, 0.15) is 5.00 Å². The summed E-state index contributed by atoms with van der Waals surface area (Å²) >= 11 is 1.39. The normalized spacial score (nSPS) is 18.9. The van der Waals surface area contributed by atoms with Gasteiger partial charge in [-0.3, -0.25) is 19.4 Å². The molecule has 2 aliphatic rings. The van der Waals surface area contributed by atoms with Crippen LogP contribution >= 0.6 is 11.3 Å². The molecule has 0 aromatic carbocycles. The van der Waals surface area contributed by atoms with Gasteiger partial charge in [0.15, 0.2) is 0 Å². The molecule has 2 heterocycles. The van der Waals surface area contributed by atoms with Crippen molar-refractivity contribution in [3.05, 3.63) is 16.0 Å². The molecule has 160 valence electrons. The average molecular weight is 423 g/mol. The fourth-order valence-electron chi connectivity index (χ4n) is 3.46. The summed E-state index contributed by atoms with van der Waals surface area (Å²) in [5, 5.41) is 6.47. The lowest BCUT2D eigenvalue weighted by Gasteiger charge is -2.37. The highest BCUT2D eigenvalue weighted by atomic mass is 32.1. The topological polar surface area (TPSA) is 91.0 Å². The Morgan fingerprint density at radius 2 is 1.83 bits per heavy atom. The molecule has 1 atom stereocenters. The molecular weight excluding hydrogens is 392 g/mol. The van der Waals surface area contributed by atoms with Crippen LogP contribution < -0.4 is 10.6 Å². The molecule has 1 aliphatic heterocycles. The molecule has 0 radical (unpaired) electrons. The summed E-state index contributed by atoms with van der Waals surface area (Å²) in [5.74, 6) is -0.490. The van der Waals surface area contributed by atoms with Crippen molar-refractivity contribution < 1.29 is 19.1 Å². The van der Waals surface area contributed by atoms with Crippen molar-refractivity contribution in [3.63, 3.8) is 0 Å². The first kappa shape index (κ1) is 21.7. The second-order valence-electron chi connectivity index (χ2n) is 7.80. The maximum Gasteiger partial charge on any atom is 0.341 e. The molecule has 0 spiro atoms. The highest BCUT2D eigenvalue weighted by molar-refractivity contribution is 7.16. The number of esters is 1. The first-order valence-electron chi connectivity index (χ1n) is 10.0. The third kappa shape index (κ3) is 5.34. The number of thiophene rings is 1. The molecule has 29 heavy (non-hydrogen) atoms. The van der Waals surface area contributed by atoms with Gasteiger partial charge in [0.2, 0.25) is 11.8 Å². The lowest BCUT2D eigenvalue weighted by molar-refractivity contribution is -0.127. The molecule has 1 aromatic heterocycles. The van der Waals surface area contributed by atoms with E-state index >= 15 is 0 Å². The molecule has 2 amide bonds. The van der Waals surface area contributed by atoms with Crippen LogP contribution in [0.3, 0.4) is 0 Å². The van der Waals surface area contributed by atoms with Crippen molar-refractivity contribution in [2.75, 3.05) is 45.2 Å². The summed E-state index contributed by atoms with van der Waals surface area (Å²) in [6.45, 7) is 8.91. The molecule has 2 N–H and O–H groups in total. The number of anilines is 1. The Balaban J connectivity index is 1.49. The predicted octanol–water partition coefficient (Wildman–Crippen LogP) is 1.37. The Labute approximate surface area is 175 Å². The number of ether oxygens (including phenoxy) is 1. The van der Waals surface area contributed by atoms with E-state index in [4.69, 9.17) is 4.74 Å². The first-order chi connectivity index (χ1) is 13.8. The van der Waals surface area contributed by atoms with Crippen molar-refractivity contribution in [3.8, 4) is 0 Å². The summed E-state index contributed by atoms with van der Waals surface area (Å²) in [4.78, 5) is 42.0. The molecule has 0 bridgehead atoms. The number of methoxy groups -OCH3 is 1. The number of nitrogens with one attached hydrogen (secondary N) is 2. The predicted molar refractivity (Wildman–Crippen MR) is 112 cm³/mol. The van der Waals surface area contributed by atoms with Crippen LogP contribution in [0.4, 0.5) is 5.00 Å². The van der Waals surface area contributed by atoms with Gasteiger partial charge in [0, 0.05) is 37.1 Å². The number of aryl methyl sites for hydroxylation is 1. The number of nitrogens with zero attached hydrogens (tertiary/aromatic N) is 2. The maximum absolute atomic E-state index is 12.5. The third-order valence-corrected chi connectivity index (χ3v) is 6.78. The highest BCUT2D eigenvalue weighted by Crippen LogP contribution is 2.32. The molecular formula is C20H30N4O4S. The molecule has 3 rings (SSSR count). The van der Waals surface area contributed by atoms with Crippen LogP contribution in [-0.4, -0.2) is 79.5 Å². The zero-order chi connectivity index (χ0) is 21.1. The van der Waals surface area contributed by atoms with Gasteiger partial charge in [-0.2, -0.15) is 0 Å². The summed E-state index contributed by atoms with van der Waals surface area (Å²) in [6.07, 6.45) is 2.17. The summed E-state index contributed by atoms with van der Waals surface area (Å²) < 4.78 is 4.85. The van der Waals surface area contributed by atoms with Crippen LogP contribution in [0.1, 0.15) is 40.6 Å². The Morgan fingerprint density at radius 1 is 1.17 bits per heavy atom. The van der Waals surface area contributed by atoms with E-state index in [0.29, 0.717) is 16.6 Å². The zero-order valence-electron chi connectivity index (χ0n) is 17.5. The molecule has 2 fully saturated rings. The second-order valence-corrected chi connectivity index (χ2v) is 9.02. The van der Waals surface area contributed by atoms with E-state index in [9.17, 15) is 14.4 Å². The molecule has 1 saturated heterocycles. The number of piperazine rings is 1. The second kappa shape index (κ2) is 9.23. The number of amides is 2. The van der Waals surface area contributed by atoms with Gasteiger partial charge in [-0.1, -0.05) is 0 Å². The number of carbonyl (C=O) groups excluding carboxylic acids is 3. The monoisotopic (exact) mass is 422 g/mol. The van der Waals surface area contributed by atoms with Crippen molar-refractivity contribution in [1.82, 2.24) is 15.1 Å². The number of hydrogen-bond donors (Lipinski definition) is 2. The van der Waals surface area contributed by atoms with Crippen LogP contribution in [0.5, 0.6) is 0 Å². The number of hydrogen-bond acceptors (Lipinski definition) is 7. The lowest BCUT2D eigenvalue weighted by Crippen LogP contribution is -2.55. The molecule has 1 unspecified atom stereocenters. The summed E-state index contributed by atoms with van der Waals surface area (Å²) in [6, 6.07) is 0.223. The van der Waals surface area contributed by atoms with Crippen molar-refractivity contribution in [1.29, 1.82) is 0 Å². The SMILES string of the molecule is COC(=O)c1c(NC(=O)CN2CCN(C(C)C(=O)NC3CC3)CC2)sc(C)c1C. The minimum atomic E-state index is -0.436. The highest BCUT2D eigenvalue weighted by Gasteiger charge is 2.30. The van der Waals surface area contributed by atoms with Gasteiger partial charge in [-0.05, 0) is 39.2 Å². The lowest BCUT2D eigenvalue weighted by atomic mass is 10.1. The largest absolute Gasteiger partial charge is 0.465 e.